The first kappa shape index (κ1) is 17.8. The molecule has 22 heavy (non-hydrogen) atoms. The first-order valence-corrected chi connectivity index (χ1v) is 7.33. The summed E-state index contributed by atoms with van der Waals surface area (Å²) >= 11 is 0. The molecule has 0 fully saturated rings. The molecule has 5 heteroatoms. The molecule has 118 valence electrons. The van der Waals surface area contributed by atoms with Crippen LogP contribution in [0.5, 0.6) is 0 Å². The number of hydrogen-bond donors (Lipinski definition) is 1. The lowest BCUT2D eigenvalue weighted by atomic mass is 10.1. The molecule has 0 spiro atoms. The molecule has 2 aromatic rings. The smallest absolute Gasteiger partial charge is 0.116 e. The van der Waals surface area contributed by atoms with Gasteiger partial charge >= 0.3 is 0 Å². The molecule has 2 heterocycles. The minimum absolute atomic E-state index is 0.00218. The van der Waals surface area contributed by atoms with Crippen molar-refractivity contribution in [3.63, 3.8) is 0 Å². The molecular formula is C17H24N4O. The van der Waals surface area contributed by atoms with E-state index < -0.39 is 0 Å². The van der Waals surface area contributed by atoms with Crippen LogP contribution in [0.1, 0.15) is 33.4 Å². The molecule has 0 bridgehead atoms. The fraction of sp³-hybridized carbons (Fsp3) is 0.353. The average molecular weight is 300 g/mol. The predicted molar refractivity (Wildman–Crippen MR) is 90.2 cm³/mol. The Labute approximate surface area is 132 Å². The molecule has 0 aliphatic rings. The lowest BCUT2D eigenvalue weighted by Crippen LogP contribution is -1.93. The van der Waals surface area contributed by atoms with Crippen molar-refractivity contribution in [2.45, 2.75) is 34.2 Å². The van der Waals surface area contributed by atoms with Crippen LogP contribution in [0.2, 0.25) is 0 Å². The third-order valence-electron chi connectivity index (χ3n) is 2.93. The maximum absolute atomic E-state index is 8.81. The van der Waals surface area contributed by atoms with Crippen molar-refractivity contribution in [1.82, 2.24) is 19.7 Å². The molecular weight excluding hydrogens is 276 g/mol. The quantitative estimate of drug-likeness (QED) is 0.880. The van der Waals surface area contributed by atoms with Gasteiger partial charge in [-0.1, -0.05) is 17.7 Å². The van der Waals surface area contributed by atoms with Crippen molar-refractivity contribution < 1.29 is 5.11 Å². The molecule has 5 nitrogen and oxygen atoms in total. The van der Waals surface area contributed by atoms with Gasteiger partial charge in [0.2, 0.25) is 0 Å². The topological polar surface area (TPSA) is 63.8 Å². The highest BCUT2D eigenvalue weighted by molar-refractivity contribution is 5.69. The molecule has 0 unspecified atom stereocenters. The highest BCUT2D eigenvalue weighted by atomic mass is 16.2. The summed E-state index contributed by atoms with van der Waals surface area (Å²) in [5, 5.41) is 13.2. The Morgan fingerprint density at radius 3 is 2.59 bits per heavy atom. The number of allylic oxidation sites excluding steroid dienone is 2. The molecule has 0 atom stereocenters. The zero-order valence-electron chi connectivity index (χ0n) is 13.7. The lowest BCUT2D eigenvalue weighted by Gasteiger charge is -1.96. The van der Waals surface area contributed by atoms with Gasteiger partial charge in [-0.3, -0.25) is 4.68 Å². The van der Waals surface area contributed by atoms with E-state index in [2.05, 4.69) is 35.0 Å². The van der Waals surface area contributed by atoms with E-state index in [1.54, 1.807) is 18.3 Å². The summed E-state index contributed by atoms with van der Waals surface area (Å²) in [6.45, 7) is 9.03. The maximum Gasteiger partial charge on any atom is 0.116 e. The summed E-state index contributed by atoms with van der Waals surface area (Å²) < 4.78 is 1.84. The van der Waals surface area contributed by atoms with Crippen LogP contribution in [-0.2, 0) is 6.54 Å². The van der Waals surface area contributed by atoms with Gasteiger partial charge in [-0.05, 0) is 39.8 Å². The van der Waals surface area contributed by atoms with Gasteiger partial charge < -0.3 is 5.11 Å². The minimum Gasteiger partial charge on any atom is -0.392 e. The Kier molecular flexibility index (Phi) is 7.78. The van der Waals surface area contributed by atoms with E-state index in [0.29, 0.717) is 0 Å². The van der Waals surface area contributed by atoms with Gasteiger partial charge in [0.1, 0.15) is 6.33 Å². The van der Waals surface area contributed by atoms with Crippen LogP contribution in [0.3, 0.4) is 0 Å². The Balaban J connectivity index is 0.000000422. The molecule has 2 rings (SSSR count). The number of aryl methyl sites for hydroxylation is 1. The van der Waals surface area contributed by atoms with Crippen molar-refractivity contribution in [3.8, 4) is 11.3 Å². The summed E-state index contributed by atoms with van der Waals surface area (Å²) in [4.78, 5) is 8.10. The largest absolute Gasteiger partial charge is 0.392 e. The first-order chi connectivity index (χ1) is 10.6. The molecule has 0 saturated heterocycles. The van der Waals surface area contributed by atoms with Crippen LogP contribution in [0.4, 0.5) is 0 Å². The summed E-state index contributed by atoms with van der Waals surface area (Å²) in [5.74, 6) is 0. The first-order valence-electron chi connectivity index (χ1n) is 7.33. The summed E-state index contributed by atoms with van der Waals surface area (Å²) in [7, 11) is 0. The predicted octanol–water partition coefficient (Wildman–Crippen LogP) is 3.34. The van der Waals surface area contributed by atoms with E-state index in [1.165, 1.54) is 11.9 Å². The van der Waals surface area contributed by atoms with Gasteiger partial charge in [-0.2, -0.15) is 5.10 Å². The van der Waals surface area contributed by atoms with Crippen LogP contribution in [0.25, 0.3) is 17.3 Å². The summed E-state index contributed by atoms with van der Waals surface area (Å²) in [5.41, 5.74) is 3.96. The monoisotopic (exact) mass is 300 g/mol. The second kappa shape index (κ2) is 9.63. The molecule has 0 amide bonds. The summed E-state index contributed by atoms with van der Waals surface area (Å²) in [6, 6.07) is 1.84. The molecule has 0 radical (unpaired) electrons. The number of aliphatic hydroxyl groups excluding tert-OH is 1. The SMILES string of the molecule is CC=C(C)C.CCn1cc(-c2ccncn2)c(/C=C/CO)n1. The molecule has 2 aromatic heterocycles. The summed E-state index contributed by atoms with van der Waals surface area (Å²) in [6.07, 6.45) is 10.7. The van der Waals surface area contributed by atoms with Gasteiger partial charge in [0.25, 0.3) is 0 Å². The number of rotatable bonds is 4. The van der Waals surface area contributed by atoms with E-state index >= 15 is 0 Å². The number of nitrogens with zero attached hydrogens (tertiary/aromatic N) is 4. The second-order valence-electron chi connectivity index (χ2n) is 4.83. The fourth-order valence-corrected chi connectivity index (χ4v) is 1.53. The van der Waals surface area contributed by atoms with E-state index in [1.807, 2.05) is 30.8 Å². The van der Waals surface area contributed by atoms with Crippen LogP contribution in [0.15, 0.2) is 42.5 Å². The molecule has 0 aliphatic heterocycles. The van der Waals surface area contributed by atoms with Gasteiger partial charge in [0.15, 0.2) is 0 Å². The zero-order chi connectivity index (χ0) is 16.4. The van der Waals surface area contributed by atoms with Crippen LogP contribution in [0, 0.1) is 0 Å². The molecule has 0 aliphatic carbocycles. The van der Waals surface area contributed by atoms with Crippen molar-refractivity contribution in [1.29, 1.82) is 0 Å². The third-order valence-corrected chi connectivity index (χ3v) is 2.93. The van der Waals surface area contributed by atoms with Crippen molar-refractivity contribution >= 4 is 6.08 Å². The van der Waals surface area contributed by atoms with Crippen LogP contribution >= 0.6 is 0 Å². The van der Waals surface area contributed by atoms with Crippen LogP contribution < -0.4 is 0 Å². The standard InChI is InChI=1S/C12H14N4O.C5H10/c1-2-16-8-10(11-5-6-13-9-14-11)12(15-16)4-3-7-17;1-4-5(2)3/h3-6,8-9,17H,2,7H2,1H3;4H,1-3H3/b4-3+;. The molecule has 1 N–H and O–H groups in total. The third kappa shape index (κ3) is 5.61. The number of aromatic nitrogens is 4. The average Bonchev–Trinajstić information content (AvgIpc) is 2.97. The van der Waals surface area contributed by atoms with Crippen molar-refractivity contribution in [2.75, 3.05) is 6.61 Å². The van der Waals surface area contributed by atoms with E-state index in [-0.39, 0.29) is 6.61 Å². The number of hydrogen-bond acceptors (Lipinski definition) is 4. The van der Waals surface area contributed by atoms with Gasteiger partial charge in [0.05, 0.1) is 18.0 Å². The lowest BCUT2D eigenvalue weighted by molar-refractivity contribution is 0.343. The van der Waals surface area contributed by atoms with Crippen molar-refractivity contribution in [2.24, 2.45) is 0 Å². The van der Waals surface area contributed by atoms with E-state index in [0.717, 1.165) is 23.5 Å². The Bertz CT molecular complexity index is 611. The van der Waals surface area contributed by atoms with Crippen molar-refractivity contribution in [3.05, 3.63) is 48.2 Å². The van der Waals surface area contributed by atoms with Gasteiger partial charge in [-0.25, -0.2) is 9.97 Å². The van der Waals surface area contributed by atoms with E-state index in [9.17, 15) is 0 Å². The van der Waals surface area contributed by atoms with E-state index in [4.69, 9.17) is 5.11 Å². The second-order valence-corrected chi connectivity index (χ2v) is 4.83. The van der Waals surface area contributed by atoms with Gasteiger partial charge in [0, 0.05) is 24.5 Å². The maximum atomic E-state index is 8.81. The fourth-order valence-electron chi connectivity index (χ4n) is 1.53. The highest BCUT2D eigenvalue weighted by Gasteiger charge is 2.08. The Hall–Kier alpha value is -2.27. The number of aliphatic hydroxyl groups is 1. The van der Waals surface area contributed by atoms with Gasteiger partial charge in [-0.15, -0.1) is 0 Å². The highest BCUT2D eigenvalue weighted by Crippen LogP contribution is 2.21. The normalized spacial score (nSPS) is 10.2. The molecule has 0 aromatic carbocycles. The minimum atomic E-state index is 0.00218. The Morgan fingerprint density at radius 1 is 1.36 bits per heavy atom. The zero-order valence-corrected chi connectivity index (χ0v) is 13.7. The van der Waals surface area contributed by atoms with Crippen LogP contribution in [-0.4, -0.2) is 31.5 Å². The Morgan fingerprint density at radius 2 is 2.09 bits per heavy atom. The molecule has 0 saturated carbocycles.